The molecule has 0 aliphatic heterocycles. The summed E-state index contributed by atoms with van der Waals surface area (Å²) in [5, 5.41) is 45.2. The number of likely N-dealkylation sites (N-methyl/N-ethyl adjacent to an activating group) is 1. The molecule has 3 aliphatic rings. The molecule has 0 unspecified atom stereocenters. The van der Waals surface area contributed by atoms with Crippen molar-refractivity contribution in [2.75, 3.05) is 33.1 Å². The van der Waals surface area contributed by atoms with E-state index in [9.17, 15) is 34.8 Å². The number of carbonyl (C=O) groups excluding carboxylic acids is 3. The van der Waals surface area contributed by atoms with Crippen molar-refractivity contribution in [3.63, 3.8) is 0 Å². The van der Waals surface area contributed by atoms with Gasteiger partial charge in [-0.05, 0) is 38.6 Å². The van der Waals surface area contributed by atoms with Gasteiger partial charge in [0.1, 0.15) is 22.8 Å². The number of hydrogen-bond donors (Lipinski definition) is 5. The largest absolute Gasteiger partial charge is 0.508 e. The molecule has 0 bridgehead atoms. The van der Waals surface area contributed by atoms with Crippen LogP contribution in [-0.2, 0) is 20.8 Å². The van der Waals surface area contributed by atoms with Crippen LogP contribution in [0.2, 0.25) is 0 Å². The van der Waals surface area contributed by atoms with Gasteiger partial charge in [0, 0.05) is 30.5 Å². The molecule has 0 aromatic heterocycles. The van der Waals surface area contributed by atoms with Gasteiger partial charge in [0.2, 0.25) is 5.78 Å². The molecular formula is C25H31N3O7. The van der Waals surface area contributed by atoms with E-state index in [4.69, 9.17) is 5.73 Å². The fourth-order valence-corrected chi connectivity index (χ4v) is 6.66. The highest BCUT2D eigenvalue weighted by Gasteiger charge is 2.72. The van der Waals surface area contributed by atoms with Gasteiger partial charge in [0.05, 0.1) is 17.3 Å². The number of benzene rings is 1. The molecule has 1 aromatic rings. The van der Waals surface area contributed by atoms with E-state index >= 15 is 0 Å². The number of fused-ring (bicyclic) bond motifs is 3. The summed E-state index contributed by atoms with van der Waals surface area (Å²) in [4.78, 5) is 42.7. The van der Waals surface area contributed by atoms with E-state index in [0.717, 1.165) is 0 Å². The van der Waals surface area contributed by atoms with Crippen molar-refractivity contribution in [2.45, 2.75) is 38.3 Å². The summed E-state index contributed by atoms with van der Waals surface area (Å²) in [5.41, 5.74) is 0.0956. The average Bonchev–Trinajstić information content (AvgIpc) is 2.69. The molecule has 188 valence electrons. The van der Waals surface area contributed by atoms with Crippen molar-refractivity contribution in [2.24, 2.45) is 16.6 Å². The molecule has 0 spiro atoms. The topological polar surface area (TPSA) is 165 Å². The number of ketones is 2. The second-order valence-electron chi connectivity index (χ2n) is 10.8. The van der Waals surface area contributed by atoms with Crippen molar-refractivity contribution in [3.8, 4) is 5.75 Å². The first-order valence-electron chi connectivity index (χ1n) is 11.2. The minimum atomic E-state index is -2.71. The molecular weight excluding hydrogens is 454 g/mol. The van der Waals surface area contributed by atoms with Crippen LogP contribution < -0.4 is 10.6 Å². The Balaban J connectivity index is 2.07. The Kier molecular flexibility index (Phi) is 5.17. The lowest BCUT2D eigenvalue weighted by atomic mass is 9.46. The van der Waals surface area contributed by atoms with Gasteiger partial charge in [-0.25, -0.2) is 0 Å². The summed E-state index contributed by atoms with van der Waals surface area (Å²) < 4.78 is 0. The summed E-state index contributed by atoms with van der Waals surface area (Å²) >= 11 is 0. The van der Waals surface area contributed by atoms with Gasteiger partial charge in [-0.1, -0.05) is 19.9 Å². The van der Waals surface area contributed by atoms with Gasteiger partial charge in [0.25, 0.3) is 5.91 Å². The highest BCUT2D eigenvalue weighted by Crippen LogP contribution is 2.63. The first kappa shape index (κ1) is 24.7. The van der Waals surface area contributed by atoms with Crippen molar-refractivity contribution in [1.82, 2.24) is 4.90 Å². The summed E-state index contributed by atoms with van der Waals surface area (Å²) in [5.74, 6) is -4.94. The quantitative estimate of drug-likeness (QED) is 0.390. The number of nitrogens with zero attached hydrogens (tertiary/aromatic N) is 2. The molecule has 0 radical (unpaired) electrons. The van der Waals surface area contributed by atoms with E-state index in [1.807, 2.05) is 0 Å². The molecule has 1 amide bonds. The average molecular weight is 486 g/mol. The van der Waals surface area contributed by atoms with Crippen molar-refractivity contribution >= 4 is 28.9 Å². The summed E-state index contributed by atoms with van der Waals surface area (Å²) in [6.07, 6.45) is 0.226. The van der Waals surface area contributed by atoms with Crippen molar-refractivity contribution in [3.05, 3.63) is 40.2 Å². The molecule has 1 fully saturated rings. The van der Waals surface area contributed by atoms with E-state index in [-0.39, 0.29) is 29.7 Å². The van der Waals surface area contributed by atoms with Crippen LogP contribution in [0.15, 0.2) is 29.0 Å². The molecule has 10 heteroatoms. The number of carbonyl (C=O) groups is 3. The smallest absolute Gasteiger partial charge is 0.255 e. The van der Waals surface area contributed by atoms with Crippen LogP contribution in [-0.4, -0.2) is 82.6 Å². The molecule has 35 heavy (non-hydrogen) atoms. The van der Waals surface area contributed by atoms with Gasteiger partial charge in [0.15, 0.2) is 11.4 Å². The van der Waals surface area contributed by atoms with Gasteiger partial charge >= 0.3 is 0 Å². The maximum absolute atomic E-state index is 14.1. The van der Waals surface area contributed by atoms with E-state index in [1.54, 1.807) is 52.1 Å². The van der Waals surface area contributed by atoms with Crippen LogP contribution in [0.4, 0.5) is 5.69 Å². The lowest BCUT2D eigenvalue weighted by Gasteiger charge is -2.59. The van der Waals surface area contributed by atoms with Crippen LogP contribution in [0, 0.1) is 10.8 Å². The maximum Gasteiger partial charge on any atom is 0.255 e. The number of nitrogens with two attached hydrogens (primary N) is 1. The Morgan fingerprint density at radius 2 is 1.69 bits per heavy atom. The normalized spacial score (nSPS) is 32.4. The second-order valence-corrected chi connectivity index (χ2v) is 10.8. The summed E-state index contributed by atoms with van der Waals surface area (Å²) in [6, 6.07) is 2.30. The van der Waals surface area contributed by atoms with Crippen molar-refractivity contribution in [1.29, 1.82) is 0 Å². The van der Waals surface area contributed by atoms with Crippen LogP contribution in [0.25, 0.3) is 5.76 Å². The fourth-order valence-electron chi connectivity index (χ4n) is 6.66. The summed E-state index contributed by atoms with van der Waals surface area (Å²) in [6.45, 7) is 3.26. The number of Topliss-reactive ketones (excluding diaryl/α,β-unsaturated/α-hetero) is 2. The Bertz CT molecular complexity index is 1260. The van der Waals surface area contributed by atoms with Crippen LogP contribution in [0.5, 0.6) is 5.75 Å². The molecule has 1 aromatic carbocycles. The number of aliphatic hydroxyl groups excluding tert-OH is 2. The third-order valence-corrected chi connectivity index (χ3v) is 7.96. The minimum absolute atomic E-state index is 0.00194. The highest BCUT2D eigenvalue weighted by molar-refractivity contribution is 6.25. The van der Waals surface area contributed by atoms with Crippen LogP contribution in [0.3, 0.4) is 0 Å². The van der Waals surface area contributed by atoms with E-state index in [2.05, 4.69) is 0 Å². The lowest BCUT2D eigenvalue weighted by molar-refractivity contribution is -0.175. The molecule has 4 rings (SSSR count). The molecule has 6 N–H and O–H groups in total. The number of anilines is 1. The number of amides is 1. The zero-order valence-corrected chi connectivity index (χ0v) is 20.6. The zero-order chi connectivity index (χ0) is 26.4. The standard InChI is InChI=1S/C25H31N3O7/c1-23-9-11-7-8-12(27(3)4)16(29)13(11)17(30)15(23)21(33)25(35)20(32)14(22(26)34)18(31)19(28(5)6)24(25,2)10-23/h7-8,19,29-30,32,35H,9-10H2,1-6H3,(H2,26,34)/t19-,23+,24+,25-/m1/s1. The van der Waals surface area contributed by atoms with Gasteiger partial charge < -0.3 is 31.1 Å². The predicted octanol–water partition coefficient (Wildman–Crippen LogP) is 0.810. The minimum Gasteiger partial charge on any atom is -0.508 e. The first-order chi connectivity index (χ1) is 16.0. The monoisotopic (exact) mass is 485 g/mol. The third kappa shape index (κ3) is 2.86. The Morgan fingerprint density at radius 1 is 1.09 bits per heavy atom. The molecule has 1 saturated carbocycles. The molecule has 10 nitrogen and oxygen atoms in total. The summed E-state index contributed by atoms with van der Waals surface area (Å²) in [7, 11) is 6.57. The Morgan fingerprint density at radius 3 is 2.20 bits per heavy atom. The molecule has 0 saturated heterocycles. The highest BCUT2D eigenvalue weighted by atomic mass is 16.3. The van der Waals surface area contributed by atoms with Crippen molar-refractivity contribution < 1.29 is 34.8 Å². The predicted molar refractivity (Wildman–Crippen MR) is 128 cm³/mol. The van der Waals surface area contributed by atoms with E-state index < -0.39 is 57.0 Å². The van der Waals surface area contributed by atoms with Crippen LogP contribution >= 0.6 is 0 Å². The molecule has 3 aliphatic carbocycles. The number of primary amides is 1. The number of rotatable bonds is 3. The van der Waals surface area contributed by atoms with Gasteiger partial charge in [-0.2, -0.15) is 0 Å². The van der Waals surface area contributed by atoms with Gasteiger partial charge in [-0.3, -0.25) is 19.3 Å². The first-order valence-corrected chi connectivity index (χ1v) is 11.2. The maximum atomic E-state index is 14.1. The number of aromatic hydroxyl groups is 1. The zero-order valence-electron chi connectivity index (χ0n) is 20.6. The molecule has 4 atom stereocenters. The lowest BCUT2D eigenvalue weighted by Crippen LogP contribution is -2.72. The number of phenols is 1. The number of phenolic OH excluding ortho intramolecular Hbond substituents is 1. The van der Waals surface area contributed by atoms with E-state index in [0.29, 0.717) is 11.3 Å². The fraction of sp³-hybridized carbons (Fsp3) is 0.480. The number of aliphatic hydroxyl groups is 3. The van der Waals surface area contributed by atoms with Gasteiger partial charge in [-0.15, -0.1) is 0 Å². The Labute approximate surface area is 202 Å². The third-order valence-electron chi connectivity index (χ3n) is 7.96. The Hall–Kier alpha value is -3.37. The molecule has 0 heterocycles. The van der Waals surface area contributed by atoms with Crippen LogP contribution in [0.1, 0.15) is 31.4 Å². The second kappa shape index (κ2) is 7.32. The van der Waals surface area contributed by atoms with E-state index in [1.165, 1.54) is 11.8 Å². The SMILES string of the molecule is CN(C)c1ccc2c(c1O)C(O)=C1C(=O)[C@]3(O)C(O)=C(C(N)=O)C(=O)[C@@H](N(C)C)[C@]3(C)C[C@]1(C)C2. The number of hydrogen-bond acceptors (Lipinski definition) is 9.